The number of nitrogens with zero attached hydrogens (tertiary/aromatic N) is 1. The van der Waals surface area contributed by atoms with E-state index in [0.29, 0.717) is 12.0 Å². The maximum absolute atomic E-state index is 12.8. The van der Waals surface area contributed by atoms with Crippen molar-refractivity contribution in [2.45, 2.75) is 38.8 Å². The van der Waals surface area contributed by atoms with Crippen LogP contribution in [-0.2, 0) is 24.7 Å². The Kier molecular flexibility index (Phi) is 6.20. The van der Waals surface area contributed by atoms with E-state index >= 15 is 0 Å². The van der Waals surface area contributed by atoms with Crippen LogP contribution >= 0.6 is 0 Å². The van der Waals surface area contributed by atoms with Gasteiger partial charge in [-0.2, -0.15) is 0 Å². The average Bonchev–Trinajstić information content (AvgIpc) is 2.89. The molecule has 1 fully saturated rings. The quantitative estimate of drug-likeness (QED) is 0.550. The lowest BCUT2D eigenvalue weighted by Gasteiger charge is -2.24. The molecule has 4 amide bonds. The van der Waals surface area contributed by atoms with Crippen LogP contribution in [0.5, 0.6) is 0 Å². The molecule has 0 saturated carbocycles. The molecule has 8 heteroatoms. The van der Waals surface area contributed by atoms with Crippen LogP contribution in [0.2, 0.25) is 0 Å². The Morgan fingerprint density at radius 3 is 2.44 bits per heavy atom. The van der Waals surface area contributed by atoms with Crippen molar-refractivity contribution in [3.05, 3.63) is 35.9 Å². The molecular formula is C19H25N3O5. The molecular weight excluding hydrogens is 350 g/mol. The Hall–Kier alpha value is -2.90. The number of nitrogens with one attached hydrogen (secondary N) is 2. The Labute approximate surface area is 158 Å². The molecule has 0 bridgehead atoms. The van der Waals surface area contributed by atoms with Gasteiger partial charge in [0.15, 0.2) is 0 Å². The molecule has 2 N–H and O–H groups in total. The third-order valence-electron chi connectivity index (χ3n) is 4.91. The first-order valence-electron chi connectivity index (χ1n) is 8.81. The van der Waals surface area contributed by atoms with E-state index in [2.05, 4.69) is 10.6 Å². The summed E-state index contributed by atoms with van der Waals surface area (Å²) in [4.78, 5) is 50.3. The van der Waals surface area contributed by atoms with Gasteiger partial charge in [-0.05, 0) is 18.4 Å². The number of hydrogen-bond acceptors (Lipinski definition) is 5. The molecule has 1 aromatic carbocycles. The van der Waals surface area contributed by atoms with Gasteiger partial charge in [-0.25, -0.2) is 9.59 Å². The van der Waals surface area contributed by atoms with E-state index in [-0.39, 0.29) is 5.92 Å². The van der Waals surface area contributed by atoms with E-state index in [0.717, 1.165) is 4.90 Å². The van der Waals surface area contributed by atoms with E-state index in [1.54, 1.807) is 37.3 Å². The highest BCUT2D eigenvalue weighted by atomic mass is 16.5. The Bertz CT molecular complexity index is 736. The number of urea groups is 1. The molecule has 27 heavy (non-hydrogen) atoms. The predicted octanol–water partition coefficient (Wildman–Crippen LogP) is 1.16. The number of benzene rings is 1. The van der Waals surface area contributed by atoms with Crippen molar-refractivity contribution in [2.24, 2.45) is 5.92 Å². The number of imide groups is 1. The highest BCUT2D eigenvalue weighted by Crippen LogP contribution is 2.28. The second-order valence-electron chi connectivity index (χ2n) is 6.77. The number of amides is 4. The normalized spacial score (nSPS) is 21.4. The zero-order valence-corrected chi connectivity index (χ0v) is 15.9. The van der Waals surface area contributed by atoms with Crippen LogP contribution in [0.15, 0.2) is 30.3 Å². The van der Waals surface area contributed by atoms with Crippen molar-refractivity contribution in [3.8, 4) is 0 Å². The van der Waals surface area contributed by atoms with Crippen LogP contribution in [0.25, 0.3) is 0 Å². The predicted molar refractivity (Wildman–Crippen MR) is 97.4 cm³/mol. The minimum atomic E-state index is -1.24. The van der Waals surface area contributed by atoms with Crippen molar-refractivity contribution in [2.75, 3.05) is 13.7 Å². The fourth-order valence-electron chi connectivity index (χ4n) is 2.97. The molecule has 0 aromatic heterocycles. The van der Waals surface area contributed by atoms with Crippen molar-refractivity contribution < 1.29 is 23.9 Å². The summed E-state index contributed by atoms with van der Waals surface area (Å²) in [7, 11) is 1.24. The maximum atomic E-state index is 12.8. The molecule has 3 atom stereocenters. The molecule has 3 unspecified atom stereocenters. The van der Waals surface area contributed by atoms with Crippen LogP contribution in [0.4, 0.5) is 4.79 Å². The van der Waals surface area contributed by atoms with E-state index < -0.39 is 41.9 Å². The molecule has 1 saturated heterocycles. The van der Waals surface area contributed by atoms with Gasteiger partial charge in [-0.15, -0.1) is 0 Å². The number of methoxy groups -OCH3 is 1. The number of esters is 1. The van der Waals surface area contributed by atoms with Gasteiger partial charge in [0, 0.05) is 0 Å². The average molecular weight is 375 g/mol. The highest BCUT2D eigenvalue weighted by Gasteiger charge is 2.49. The minimum absolute atomic E-state index is 0.154. The molecule has 146 valence electrons. The number of hydrogen-bond donors (Lipinski definition) is 2. The van der Waals surface area contributed by atoms with E-state index in [1.807, 2.05) is 13.8 Å². The molecule has 1 aliphatic heterocycles. The smallest absolute Gasteiger partial charge is 0.328 e. The van der Waals surface area contributed by atoms with Gasteiger partial charge >= 0.3 is 12.0 Å². The van der Waals surface area contributed by atoms with Gasteiger partial charge in [-0.3, -0.25) is 14.5 Å². The summed E-state index contributed by atoms with van der Waals surface area (Å²) in [6, 6.07) is 7.32. The van der Waals surface area contributed by atoms with Crippen LogP contribution in [0.3, 0.4) is 0 Å². The lowest BCUT2D eigenvalue weighted by atomic mass is 9.92. The molecule has 0 spiro atoms. The van der Waals surface area contributed by atoms with Crippen molar-refractivity contribution in [1.82, 2.24) is 15.5 Å². The lowest BCUT2D eigenvalue weighted by Crippen LogP contribution is -2.50. The van der Waals surface area contributed by atoms with Gasteiger partial charge in [0.2, 0.25) is 5.91 Å². The van der Waals surface area contributed by atoms with Crippen LogP contribution in [0, 0.1) is 5.92 Å². The summed E-state index contributed by atoms with van der Waals surface area (Å²) in [5.41, 5.74) is -0.616. The fourth-order valence-corrected chi connectivity index (χ4v) is 2.97. The third kappa shape index (κ3) is 4.10. The maximum Gasteiger partial charge on any atom is 0.328 e. The van der Waals surface area contributed by atoms with E-state index in [4.69, 9.17) is 4.74 Å². The monoisotopic (exact) mass is 375 g/mol. The van der Waals surface area contributed by atoms with Crippen LogP contribution in [0.1, 0.15) is 32.8 Å². The number of ether oxygens (including phenoxy) is 1. The van der Waals surface area contributed by atoms with Crippen LogP contribution < -0.4 is 10.6 Å². The number of carbonyl (C=O) groups is 4. The van der Waals surface area contributed by atoms with E-state index in [1.165, 1.54) is 7.11 Å². The fraction of sp³-hybridized carbons (Fsp3) is 0.474. The van der Waals surface area contributed by atoms with Crippen molar-refractivity contribution >= 4 is 23.8 Å². The molecule has 0 radical (unpaired) electrons. The zero-order chi connectivity index (χ0) is 20.2. The lowest BCUT2D eigenvalue weighted by molar-refractivity contribution is -0.146. The summed E-state index contributed by atoms with van der Waals surface area (Å²) in [5, 5.41) is 5.20. The van der Waals surface area contributed by atoms with Gasteiger partial charge in [0.05, 0.1) is 7.11 Å². The van der Waals surface area contributed by atoms with Crippen LogP contribution in [-0.4, -0.2) is 48.4 Å². The van der Waals surface area contributed by atoms with Gasteiger partial charge in [0.25, 0.3) is 5.91 Å². The largest absolute Gasteiger partial charge is 0.467 e. The summed E-state index contributed by atoms with van der Waals surface area (Å²) in [6.45, 7) is 4.81. The Balaban J connectivity index is 2.12. The molecule has 1 heterocycles. The van der Waals surface area contributed by atoms with Crippen molar-refractivity contribution in [3.63, 3.8) is 0 Å². The molecule has 1 aromatic rings. The first-order chi connectivity index (χ1) is 12.7. The highest BCUT2D eigenvalue weighted by molar-refractivity contribution is 6.09. The first-order valence-corrected chi connectivity index (χ1v) is 8.81. The van der Waals surface area contributed by atoms with Gasteiger partial charge in [-0.1, -0.05) is 50.6 Å². The number of carbonyl (C=O) groups excluding carboxylic acids is 4. The molecule has 1 aliphatic rings. The molecule has 8 nitrogen and oxygen atoms in total. The molecule has 0 aliphatic carbocycles. The Morgan fingerprint density at radius 1 is 1.26 bits per heavy atom. The summed E-state index contributed by atoms with van der Waals surface area (Å²) in [5.74, 6) is -1.85. The van der Waals surface area contributed by atoms with E-state index in [9.17, 15) is 19.2 Å². The number of rotatable bonds is 7. The molecule has 2 rings (SSSR count). The summed E-state index contributed by atoms with van der Waals surface area (Å²) in [6.07, 6.45) is 0.648. The second-order valence-corrected chi connectivity index (χ2v) is 6.77. The van der Waals surface area contributed by atoms with Crippen molar-refractivity contribution in [1.29, 1.82) is 0 Å². The summed E-state index contributed by atoms with van der Waals surface area (Å²) < 4.78 is 4.73. The zero-order valence-electron chi connectivity index (χ0n) is 15.9. The summed E-state index contributed by atoms with van der Waals surface area (Å²) >= 11 is 0. The SMILES string of the molecule is CCC(C)C(NC(=O)CN1C(=O)NC(C)(c2ccccc2)C1=O)C(=O)OC. The van der Waals surface area contributed by atoms with Gasteiger partial charge in [0.1, 0.15) is 18.1 Å². The third-order valence-corrected chi connectivity index (χ3v) is 4.91. The second kappa shape index (κ2) is 8.20. The first kappa shape index (κ1) is 20.4. The topological polar surface area (TPSA) is 105 Å². The standard InChI is InChI=1S/C19H25N3O5/c1-5-12(2)15(16(24)27-4)20-14(23)11-22-17(25)19(3,21-18(22)26)13-9-7-6-8-10-13/h6-10,12,15H,5,11H2,1-4H3,(H,20,23)(H,21,26). The Morgan fingerprint density at radius 2 is 1.89 bits per heavy atom. The van der Waals surface area contributed by atoms with Gasteiger partial charge < -0.3 is 15.4 Å². The minimum Gasteiger partial charge on any atom is -0.467 e.